The van der Waals surface area contributed by atoms with E-state index in [1.54, 1.807) is 7.11 Å². The van der Waals surface area contributed by atoms with E-state index in [1.165, 1.54) is 0 Å². The molecule has 0 unspecified atom stereocenters. The Hall–Kier alpha value is -1.22. The summed E-state index contributed by atoms with van der Waals surface area (Å²) in [5, 5.41) is 9.95. The zero-order valence-electron chi connectivity index (χ0n) is 9.79. The molecule has 0 radical (unpaired) electrons. The van der Waals surface area contributed by atoms with Gasteiger partial charge in [0.1, 0.15) is 0 Å². The third kappa shape index (κ3) is 2.86. The highest BCUT2D eigenvalue weighted by atomic mass is 16.5. The monoisotopic (exact) mass is 209 g/mol. The van der Waals surface area contributed by atoms with Gasteiger partial charge in [0, 0.05) is 5.54 Å². The Balaban J connectivity index is 3.11. The molecule has 0 spiro atoms. The molecule has 1 aromatic rings. The van der Waals surface area contributed by atoms with Crippen molar-refractivity contribution in [1.82, 2.24) is 0 Å². The van der Waals surface area contributed by atoms with Crippen LogP contribution >= 0.6 is 0 Å². The van der Waals surface area contributed by atoms with Crippen LogP contribution in [-0.4, -0.2) is 17.8 Å². The molecule has 0 aliphatic rings. The maximum absolute atomic E-state index is 9.95. The first-order valence-electron chi connectivity index (χ1n) is 4.99. The first-order chi connectivity index (χ1) is 6.85. The van der Waals surface area contributed by atoms with Crippen LogP contribution in [0.3, 0.4) is 0 Å². The van der Waals surface area contributed by atoms with Gasteiger partial charge in [0.2, 0.25) is 0 Å². The molecule has 0 amide bonds. The van der Waals surface area contributed by atoms with Crippen molar-refractivity contribution in [2.75, 3.05) is 7.11 Å². The van der Waals surface area contributed by atoms with Crippen molar-refractivity contribution in [3.63, 3.8) is 0 Å². The lowest BCUT2D eigenvalue weighted by Gasteiger charge is -2.20. The van der Waals surface area contributed by atoms with Gasteiger partial charge in [0.15, 0.2) is 11.5 Å². The number of hydrogen-bond acceptors (Lipinski definition) is 3. The summed E-state index contributed by atoms with van der Waals surface area (Å²) in [7, 11) is 1.55. The number of phenolic OH excluding ortho intramolecular Hbond substituents is 1. The van der Waals surface area contributed by atoms with Crippen LogP contribution in [0.4, 0.5) is 0 Å². The summed E-state index contributed by atoms with van der Waals surface area (Å²) in [5.41, 5.74) is 7.33. The lowest BCUT2D eigenvalue weighted by atomic mass is 9.94. The van der Waals surface area contributed by atoms with Gasteiger partial charge in [-0.25, -0.2) is 0 Å². The highest BCUT2D eigenvalue weighted by Gasteiger charge is 2.17. The zero-order valence-corrected chi connectivity index (χ0v) is 9.79. The number of nitrogens with two attached hydrogens (primary N) is 1. The number of rotatable bonds is 3. The molecule has 0 aliphatic carbocycles. The minimum absolute atomic E-state index is 0.205. The molecule has 0 saturated heterocycles. The lowest BCUT2D eigenvalue weighted by Crippen LogP contribution is -2.34. The minimum Gasteiger partial charge on any atom is -0.504 e. The highest BCUT2D eigenvalue weighted by Crippen LogP contribution is 2.34. The van der Waals surface area contributed by atoms with Crippen LogP contribution in [0.2, 0.25) is 0 Å². The molecule has 0 heterocycles. The number of methoxy groups -OCH3 is 1. The number of ether oxygens (including phenoxy) is 1. The van der Waals surface area contributed by atoms with Gasteiger partial charge in [-0.3, -0.25) is 0 Å². The Bertz CT molecular complexity index is 353. The highest BCUT2D eigenvalue weighted by molar-refractivity contribution is 5.50. The van der Waals surface area contributed by atoms with E-state index in [0.29, 0.717) is 12.2 Å². The number of aryl methyl sites for hydroxylation is 1. The van der Waals surface area contributed by atoms with E-state index >= 15 is 0 Å². The molecule has 0 atom stereocenters. The summed E-state index contributed by atoms with van der Waals surface area (Å²) in [6, 6.07) is 3.82. The first kappa shape index (κ1) is 11.9. The van der Waals surface area contributed by atoms with Crippen molar-refractivity contribution in [1.29, 1.82) is 0 Å². The lowest BCUT2D eigenvalue weighted by molar-refractivity contribution is 0.365. The average molecular weight is 209 g/mol. The molecule has 0 aliphatic heterocycles. The predicted molar refractivity (Wildman–Crippen MR) is 61.4 cm³/mol. The number of phenols is 1. The van der Waals surface area contributed by atoms with Crippen LogP contribution < -0.4 is 10.5 Å². The average Bonchev–Trinajstić information content (AvgIpc) is 2.09. The molecule has 1 aromatic carbocycles. The number of benzene rings is 1. The molecule has 84 valence electrons. The SMILES string of the molecule is COc1c(C)ccc(CC(C)(C)N)c1O. The molecule has 0 fully saturated rings. The molecule has 1 rings (SSSR count). The minimum atomic E-state index is -0.336. The maximum Gasteiger partial charge on any atom is 0.163 e. The van der Waals surface area contributed by atoms with Crippen LogP contribution in [0.25, 0.3) is 0 Å². The van der Waals surface area contributed by atoms with Crippen molar-refractivity contribution in [3.8, 4) is 11.5 Å². The van der Waals surface area contributed by atoms with E-state index < -0.39 is 0 Å². The first-order valence-corrected chi connectivity index (χ1v) is 4.99. The van der Waals surface area contributed by atoms with Crippen molar-refractivity contribution in [2.24, 2.45) is 5.73 Å². The van der Waals surface area contributed by atoms with Crippen LogP contribution in [0.5, 0.6) is 11.5 Å². The standard InChI is InChI=1S/C12H19NO2/c1-8-5-6-9(7-12(2,3)13)10(14)11(8)15-4/h5-6,14H,7,13H2,1-4H3. The van der Waals surface area contributed by atoms with Crippen LogP contribution in [-0.2, 0) is 6.42 Å². The molecular weight excluding hydrogens is 190 g/mol. The Morgan fingerprint density at radius 3 is 2.47 bits per heavy atom. The summed E-state index contributed by atoms with van der Waals surface area (Å²) in [6.07, 6.45) is 0.621. The molecule has 0 saturated carbocycles. The summed E-state index contributed by atoms with van der Waals surface area (Å²) < 4.78 is 5.14. The van der Waals surface area contributed by atoms with Gasteiger partial charge in [-0.05, 0) is 38.3 Å². The fourth-order valence-electron chi connectivity index (χ4n) is 1.60. The molecule has 0 aromatic heterocycles. The van der Waals surface area contributed by atoms with Gasteiger partial charge in [-0.15, -0.1) is 0 Å². The van der Waals surface area contributed by atoms with E-state index in [4.69, 9.17) is 10.5 Å². The summed E-state index contributed by atoms with van der Waals surface area (Å²) in [6.45, 7) is 5.76. The Morgan fingerprint density at radius 1 is 1.40 bits per heavy atom. The molecule has 3 N–H and O–H groups in total. The van der Waals surface area contributed by atoms with Crippen LogP contribution in [0.15, 0.2) is 12.1 Å². The summed E-state index contributed by atoms with van der Waals surface area (Å²) >= 11 is 0. The fraction of sp³-hybridized carbons (Fsp3) is 0.500. The molecule has 3 nitrogen and oxygen atoms in total. The van der Waals surface area contributed by atoms with Gasteiger partial charge >= 0.3 is 0 Å². The van der Waals surface area contributed by atoms with Gasteiger partial charge in [0.05, 0.1) is 7.11 Å². The molecule has 15 heavy (non-hydrogen) atoms. The third-order valence-electron chi connectivity index (χ3n) is 2.26. The smallest absolute Gasteiger partial charge is 0.163 e. The summed E-state index contributed by atoms with van der Waals surface area (Å²) in [4.78, 5) is 0. The van der Waals surface area contributed by atoms with E-state index in [9.17, 15) is 5.11 Å². The normalized spacial score (nSPS) is 11.5. The molecule has 0 bridgehead atoms. The summed E-state index contributed by atoms with van der Waals surface area (Å²) in [5.74, 6) is 0.743. The predicted octanol–water partition coefficient (Wildman–Crippen LogP) is 1.99. The quantitative estimate of drug-likeness (QED) is 0.800. The van der Waals surface area contributed by atoms with E-state index in [0.717, 1.165) is 11.1 Å². The van der Waals surface area contributed by atoms with Crippen LogP contribution in [0, 0.1) is 6.92 Å². The zero-order chi connectivity index (χ0) is 11.6. The van der Waals surface area contributed by atoms with Crippen LogP contribution in [0.1, 0.15) is 25.0 Å². The second-order valence-electron chi connectivity index (χ2n) is 4.59. The van der Waals surface area contributed by atoms with Gasteiger partial charge in [-0.1, -0.05) is 12.1 Å². The Kier molecular flexibility index (Phi) is 3.25. The second-order valence-corrected chi connectivity index (χ2v) is 4.59. The van der Waals surface area contributed by atoms with E-state index in [2.05, 4.69) is 0 Å². The van der Waals surface area contributed by atoms with Crippen molar-refractivity contribution < 1.29 is 9.84 Å². The largest absolute Gasteiger partial charge is 0.504 e. The number of hydrogen-bond donors (Lipinski definition) is 2. The Labute approximate surface area is 90.9 Å². The number of aromatic hydroxyl groups is 1. The maximum atomic E-state index is 9.95. The fourth-order valence-corrected chi connectivity index (χ4v) is 1.60. The second kappa shape index (κ2) is 4.11. The molecule has 3 heteroatoms. The van der Waals surface area contributed by atoms with Gasteiger partial charge < -0.3 is 15.6 Å². The van der Waals surface area contributed by atoms with Gasteiger partial charge in [-0.2, -0.15) is 0 Å². The van der Waals surface area contributed by atoms with Gasteiger partial charge in [0.25, 0.3) is 0 Å². The Morgan fingerprint density at radius 2 is 2.00 bits per heavy atom. The molecular formula is C12H19NO2. The van der Waals surface area contributed by atoms with Crippen molar-refractivity contribution >= 4 is 0 Å². The van der Waals surface area contributed by atoms with E-state index in [-0.39, 0.29) is 11.3 Å². The van der Waals surface area contributed by atoms with E-state index in [1.807, 2.05) is 32.9 Å². The third-order valence-corrected chi connectivity index (χ3v) is 2.26. The van der Waals surface area contributed by atoms with Crippen molar-refractivity contribution in [3.05, 3.63) is 23.3 Å². The topological polar surface area (TPSA) is 55.5 Å². The van der Waals surface area contributed by atoms with Crippen molar-refractivity contribution in [2.45, 2.75) is 32.7 Å².